The summed E-state index contributed by atoms with van der Waals surface area (Å²) in [5, 5.41) is 55.4. The number of rotatable bonds is 6. The lowest BCUT2D eigenvalue weighted by Crippen LogP contribution is -2.42. The number of phenols is 2. The fourth-order valence-electron chi connectivity index (χ4n) is 4.88. The highest BCUT2D eigenvalue weighted by Crippen LogP contribution is 2.50. The van der Waals surface area contributed by atoms with E-state index in [-0.39, 0.29) is 33.6 Å². The van der Waals surface area contributed by atoms with Crippen LogP contribution in [0.3, 0.4) is 0 Å². The van der Waals surface area contributed by atoms with E-state index < -0.39 is 58.1 Å². The summed E-state index contributed by atoms with van der Waals surface area (Å²) in [6.07, 6.45) is 5.70. The lowest BCUT2D eigenvalue weighted by molar-refractivity contribution is -0.114. The maximum atomic E-state index is 13.5. The van der Waals surface area contributed by atoms with Crippen LogP contribution in [0.25, 0.3) is 12.2 Å². The summed E-state index contributed by atoms with van der Waals surface area (Å²) < 4.78 is 6.01. The zero-order valence-electron chi connectivity index (χ0n) is 22.4. The Balaban J connectivity index is 1.92. The summed E-state index contributed by atoms with van der Waals surface area (Å²) >= 11 is 0. The molecule has 0 radical (unpaired) electrons. The van der Waals surface area contributed by atoms with Gasteiger partial charge in [0.1, 0.15) is 39.9 Å². The standard InChI is InChI=1S/C31H32O8/c1-16-25(34)23(17(2)32)28(37)21(31(16,5)38)15-20-26(35)19-13-14-30(3,4)39-29(19)24(27(20)36)22(33)12-11-18-9-7-6-8-10-18/h6-14,16,34-38H,15H2,1-5H3/b12-11+. The summed E-state index contributed by atoms with van der Waals surface area (Å²) in [5.41, 5.74) is -2.61. The average molecular weight is 533 g/mol. The Hall–Kier alpha value is -4.30. The molecule has 5 N–H and O–H groups in total. The average Bonchev–Trinajstić information content (AvgIpc) is 2.85. The van der Waals surface area contributed by atoms with Crippen LogP contribution in [0.4, 0.5) is 0 Å². The van der Waals surface area contributed by atoms with Crippen molar-refractivity contribution in [3.63, 3.8) is 0 Å². The fourth-order valence-corrected chi connectivity index (χ4v) is 4.88. The summed E-state index contributed by atoms with van der Waals surface area (Å²) in [7, 11) is 0. The Bertz CT molecular complexity index is 1490. The van der Waals surface area contributed by atoms with Gasteiger partial charge >= 0.3 is 0 Å². The van der Waals surface area contributed by atoms with E-state index in [1.807, 2.05) is 18.2 Å². The second-order valence-corrected chi connectivity index (χ2v) is 10.6. The van der Waals surface area contributed by atoms with Crippen molar-refractivity contribution in [2.24, 2.45) is 5.92 Å². The van der Waals surface area contributed by atoms with E-state index in [0.29, 0.717) is 0 Å². The maximum absolute atomic E-state index is 13.5. The molecule has 2 aromatic rings. The third-order valence-electron chi connectivity index (χ3n) is 7.37. The first kappa shape index (κ1) is 27.7. The fraction of sp³-hybridized carbons (Fsp3) is 0.290. The zero-order chi connectivity index (χ0) is 28.9. The maximum Gasteiger partial charge on any atom is 0.193 e. The van der Waals surface area contributed by atoms with Crippen molar-refractivity contribution in [3.8, 4) is 17.2 Å². The van der Waals surface area contributed by atoms with E-state index in [9.17, 15) is 35.1 Å². The first-order valence-electron chi connectivity index (χ1n) is 12.5. The van der Waals surface area contributed by atoms with Crippen molar-refractivity contribution in [2.75, 3.05) is 0 Å². The van der Waals surface area contributed by atoms with Gasteiger partial charge in [0, 0.05) is 23.5 Å². The minimum Gasteiger partial charge on any atom is -0.511 e. The third-order valence-corrected chi connectivity index (χ3v) is 7.37. The molecule has 8 heteroatoms. The van der Waals surface area contributed by atoms with Crippen LogP contribution in [0.5, 0.6) is 17.2 Å². The van der Waals surface area contributed by atoms with Crippen molar-refractivity contribution < 1.29 is 39.9 Å². The highest BCUT2D eigenvalue weighted by molar-refractivity contribution is 6.12. The molecule has 0 aromatic heterocycles. The quantitative estimate of drug-likeness (QED) is 0.248. The highest BCUT2D eigenvalue weighted by Gasteiger charge is 2.45. The van der Waals surface area contributed by atoms with Gasteiger partial charge in [-0.05, 0) is 51.5 Å². The number of carbonyl (C=O) groups is 2. The molecule has 1 aliphatic carbocycles. The first-order chi connectivity index (χ1) is 18.2. The van der Waals surface area contributed by atoms with E-state index in [4.69, 9.17) is 4.74 Å². The van der Waals surface area contributed by atoms with Crippen LogP contribution in [0.15, 0.2) is 65.1 Å². The zero-order valence-corrected chi connectivity index (χ0v) is 22.4. The Morgan fingerprint density at radius 1 is 1.03 bits per heavy atom. The van der Waals surface area contributed by atoms with Crippen LogP contribution in [0, 0.1) is 5.92 Å². The molecule has 0 saturated heterocycles. The van der Waals surface area contributed by atoms with Gasteiger partial charge in [-0.2, -0.15) is 0 Å². The van der Waals surface area contributed by atoms with Gasteiger partial charge in [-0.1, -0.05) is 43.3 Å². The van der Waals surface area contributed by atoms with E-state index in [0.717, 1.165) is 5.56 Å². The lowest BCUT2D eigenvalue weighted by Gasteiger charge is -2.38. The molecule has 204 valence electrons. The van der Waals surface area contributed by atoms with Crippen molar-refractivity contribution in [2.45, 2.75) is 52.2 Å². The molecule has 39 heavy (non-hydrogen) atoms. The van der Waals surface area contributed by atoms with Crippen LogP contribution in [0.2, 0.25) is 0 Å². The molecule has 0 bridgehead atoms. The molecular weight excluding hydrogens is 500 g/mol. The SMILES string of the molecule is CC(=O)C1=C(O)C(C)C(C)(O)C(Cc2c(O)c3c(c(C(=O)/C=C/c4ccccc4)c2O)OC(C)(C)C=C3)=C1O. The minimum atomic E-state index is -1.85. The second-order valence-electron chi connectivity index (χ2n) is 10.6. The minimum absolute atomic E-state index is 0.00657. The molecule has 0 spiro atoms. The summed E-state index contributed by atoms with van der Waals surface area (Å²) in [5.74, 6) is -4.32. The lowest BCUT2D eigenvalue weighted by atomic mass is 9.72. The van der Waals surface area contributed by atoms with Gasteiger partial charge in [-0.3, -0.25) is 9.59 Å². The van der Waals surface area contributed by atoms with Gasteiger partial charge in [0.05, 0.1) is 16.7 Å². The van der Waals surface area contributed by atoms with E-state index in [1.165, 1.54) is 26.8 Å². The van der Waals surface area contributed by atoms with E-state index in [1.54, 1.807) is 44.2 Å². The Morgan fingerprint density at radius 2 is 1.67 bits per heavy atom. The van der Waals surface area contributed by atoms with Crippen LogP contribution in [-0.2, 0) is 11.2 Å². The van der Waals surface area contributed by atoms with Gasteiger partial charge in [0.15, 0.2) is 11.6 Å². The summed E-state index contributed by atoms with van der Waals surface area (Å²) in [6.45, 7) is 7.52. The number of carbonyl (C=O) groups excluding carboxylic acids is 2. The molecule has 1 aliphatic heterocycles. The van der Waals surface area contributed by atoms with Gasteiger partial charge in [-0.15, -0.1) is 0 Å². The van der Waals surface area contributed by atoms with Gasteiger partial charge in [0.2, 0.25) is 0 Å². The number of hydrogen-bond donors (Lipinski definition) is 5. The number of Topliss-reactive ketones (excluding diaryl/α,β-unsaturated/α-hetero) is 1. The van der Waals surface area contributed by atoms with Crippen LogP contribution in [0.1, 0.15) is 61.7 Å². The largest absolute Gasteiger partial charge is 0.511 e. The normalized spacial score (nSPS) is 22.2. The van der Waals surface area contributed by atoms with Crippen molar-refractivity contribution in [1.29, 1.82) is 0 Å². The number of aliphatic hydroxyl groups excluding tert-OH is 2. The number of benzene rings is 2. The Morgan fingerprint density at radius 3 is 2.28 bits per heavy atom. The third kappa shape index (κ3) is 4.83. The molecule has 0 saturated carbocycles. The molecule has 2 aromatic carbocycles. The molecule has 1 heterocycles. The van der Waals surface area contributed by atoms with Crippen LogP contribution >= 0.6 is 0 Å². The van der Waals surface area contributed by atoms with Gasteiger partial charge < -0.3 is 30.3 Å². The monoisotopic (exact) mass is 532 g/mol. The molecule has 8 nitrogen and oxygen atoms in total. The molecule has 0 fully saturated rings. The van der Waals surface area contributed by atoms with Crippen LogP contribution < -0.4 is 4.74 Å². The van der Waals surface area contributed by atoms with Gasteiger partial charge in [0.25, 0.3) is 0 Å². The Labute approximate surface area is 226 Å². The van der Waals surface area contributed by atoms with Crippen molar-refractivity contribution in [1.82, 2.24) is 0 Å². The number of phenolic OH excluding ortho intramolecular Hbond substituents is 2. The number of fused-ring (bicyclic) bond motifs is 1. The molecule has 0 amide bonds. The number of aromatic hydroxyl groups is 2. The molecular formula is C31H32O8. The molecule has 2 atom stereocenters. The number of allylic oxidation sites excluding steroid dienone is 2. The van der Waals surface area contributed by atoms with Crippen LogP contribution in [-0.4, -0.2) is 48.3 Å². The Kier molecular flexibility index (Phi) is 6.95. The number of ketones is 2. The summed E-state index contributed by atoms with van der Waals surface area (Å²) in [6, 6.07) is 9.09. The topological polar surface area (TPSA) is 145 Å². The predicted octanol–water partition coefficient (Wildman–Crippen LogP) is 5.33. The summed E-state index contributed by atoms with van der Waals surface area (Å²) in [4.78, 5) is 25.7. The second kappa shape index (κ2) is 9.78. The number of hydrogen-bond acceptors (Lipinski definition) is 8. The highest BCUT2D eigenvalue weighted by atomic mass is 16.5. The predicted molar refractivity (Wildman–Crippen MR) is 147 cm³/mol. The van der Waals surface area contributed by atoms with Crippen molar-refractivity contribution in [3.05, 3.63) is 87.4 Å². The molecule has 4 rings (SSSR count). The first-order valence-corrected chi connectivity index (χ1v) is 12.5. The van der Waals surface area contributed by atoms with E-state index >= 15 is 0 Å². The molecule has 2 unspecified atom stereocenters. The smallest absolute Gasteiger partial charge is 0.193 e. The van der Waals surface area contributed by atoms with E-state index in [2.05, 4.69) is 0 Å². The number of aliphatic hydroxyl groups is 3. The number of ether oxygens (including phenoxy) is 1. The van der Waals surface area contributed by atoms with Gasteiger partial charge in [-0.25, -0.2) is 0 Å². The van der Waals surface area contributed by atoms with Crippen molar-refractivity contribution >= 4 is 23.7 Å². The molecule has 2 aliphatic rings.